The zero-order valence-corrected chi connectivity index (χ0v) is 15.7. The van der Waals surface area contributed by atoms with Crippen molar-refractivity contribution >= 4 is 40.5 Å². The lowest BCUT2D eigenvalue weighted by Crippen LogP contribution is -2.34. The Morgan fingerprint density at radius 2 is 1.77 bits per heavy atom. The normalized spacial score (nSPS) is 11.2. The van der Waals surface area contributed by atoms with E-state index in [4.69, 9.17) is 8.83 Å². The standard InChI is InChI=1S/C19H15IN2O4/c20-16-8-2-1-7-15(16)18(23)22-17(11-13-5-3-9-25-13)19(24)21-12-14-6-4-10-26-14/h1-11H,12H2,(H,21,24)(H,22,23)/b17-11+. The fraction of sp³-hybridized carbons (Fsp3) is 0.0526. The molecule has 0 unspecified atom stereocenters. The minimum absolute atomic E-state index is 0.0798. The van der Waals surface area contributed by atoms with Gasteiger partial charge in [0.15, 0.2) is 0 Å². The van der Waals surface area contributed by atoms with Crippen molar-refractivity contribution in [3.8, 4) is 0 Å². The fourth-order valence-electron chi connectivity index (χ4n) is 2.18. The van der Waals surface area contributed by atoms with E-state index in [1.165, 1.54) is 18.6 Å². The van der Waals surface area contributed by atoms with E-state index in [0.29, 0.717) is 17.1 Å². The number of hydrogen-bond donors (Lipinski definition) is 2. The molecule has 2 N–H and O–H groups in total. The lowest BCUT2D eigenvalue weighted by atomic mass is 10.2. The van der Waals surface area contributed by atoms with Gasteiger partial charge in [-0.05, 0) is 59.0 Å². The summed E-state index contributed by atoms with van der Waals surface area (Å²) in [5, 5.41) is 5.37. The lowest BCUT2D eigenvalue weighted by Gasteiger charge is -2.11. The Balaban J connectivity index is 1.78. The van der Waals surface area contributed by atoms with Crippen molar-refractivity contribution in [2.45, 2.75) is 6.54 Å². The molecule has 7 heteroatoms. The Labute approximate surface area is 163 Å². The predicted molar refractivity (Wildman–Crippen MR) is 104 cm³/mol. The highest BCUT2D eigenvalue weighted by Crippen LogP contribution is 2.13. The number of benzene rings is 1. The molecule has 0 spiro atoms. The Morgan fingerprint density at radius 3 is 2.46 bits per heavy atom. The van der Waals surface area contributed by atoms with Gasteiger partial charge >= 0.3 is 0 Å². The molecule has 2 amide bonds. The largest absolute Gasteiger partial charge is 0.467 e. The molecule has 0 aliphatic rings. The summed E-state index contributed by atoms with van der Waals surface area (Å²) in [6.07, 6.45) is 4.50. The highest BCUT2D eigenvalue weighted by atomic mass is 127. The number of halogens is 1. The van der Waals surface area contributed by atoms with Gasteiger partial charge in [-0.25, -0.2) is 0 Å². The van der Waals surface area contributed by atoms with Crippen LogP contribution in [0, 0.1) is 3.57 Å². The summed E-state index contributed by atoms with van der Waals surface area (Å²) in [6, 6.07) is 14.0. The third-order valence-electron chi connectivity index (χ3n) is 3.44. The second-order valence-corrected chi connectivity index (χ2v) is 6.43. The summed E-state index contributed by atoms with van der Waals surface area (Å²) in [6.45, 7) is 0.208. The topological polar surface area (TPSA) is 84.5 Å². The smallest absolute Gasteiger partial charge is 0.268 e. The van der Waals surface area contributed by atoms with E-state index in [-0.39, 0.29) is 18.1 Å². The number of hydrogen-bond acceptors (Lipinski definition) is 4. The lowest BCUT2D eigenvalue weighted by molar-refractivity contribution is -0.118. The van der Waals surface area contributed by atoms with E-state index in [9.17, 15) is 9.59 Å². The summed E-state index contributed by atoms with van der Waals surface area (Å²) in [5.74, 6) is 0.244. The van der Waals surface area contributed by atoms with Gasteiger partial charge in [-0.1, -0.05) is 12.1 Å². The molecule has 6 nitrogen and oxygen atoms in total. The van der Waals surface area contributed by atoms with Gasteiger partial charge in [0.05, 0.1) is 24.6 Å². The third kappa shape index (κ3) is 4.63. The molecule has 132 valence electrons. The summed E-state index contributed by atoms with van der Waals surface area (Å²) < 4.78 is 11.2. The summed E-state index contributed by atoms with van der Waals surface area (Å²) >= 11 is 2.07. The van der Waals surface area contributed by atoms with Crippen molar-refractivity contribution in [3.05, 3.63) is 87.4 Å². The van der Waals surface area contributed by atoms with Gasteiger partial charge in [-0.2, -0.15) is 0 Å². The first-order valence-electron chi connectivity index (χ1n) is 7.75. The minimum atomic E-state index is -0.447. The van der Waals surface area contributed by atoms with Crippen molar-refractivity contribution in [1.29, 1.82) is 0 Å². The molecule has 1 aromatic carbocycles. The second-order valence-electron chi connectivity index (χ2n) is 5.27. The van der Waals surface area contributed by atoms with Gasteiger partial charge in [-0.15, -0.1) is 0 Å². The molecule has 26 heavy (non-hydrogen) atoms. The number of carbonyl (C=O) groups excluding carboxylic acids is 2. The van der Waals surface area contributed by atoms with Gasteiger partial charge in [0.1, 0.15) is 17.2 Å². The van der Waals surface area contributed by atoms with Crippen LogP contribution in [0.15, 0.2) is 75.6 Å². The maximum absolute atomic E-state index is 12.6. The number of carbonyl (C=O) groups is 2. The number of rotatable bonds is 6. The Hall–Kier alpha value is -2.81. The monoisotopic (exact) mass is 462 g/mol. The van der Waals surface area contributed by atoms with Crippen LogP contribution in [-0.2, 0) is 11.3 Å². The highest BCUT2D eigenvalue weighted by molar-refractivity contribution is 14.1. The van der Waals surface area contributed by atoms with Crippen LogP contribution in [0.4, 0.5) is 0 Å². The van der Waals surface area contributed by atoms with E-state index in [1.807, 2.05) is 12.1 Å². The molecule has 0 radical (unpaired) electrons. The maximum Gasteiger partial charge on any atom is 0.268 e. The molecule has 0 bridgehead atoms. The first-order valence-corrected chi connectivity index (χ1v) is 8.83. The molecular formula is C19H15IN2O4. The molecule has 0 saturated carbocycles. The van der Waals surface area contributed by atoms with Gasteiger partial charge in [0.25, 0.3) is 11.8 Å². The van der Waals surface area contributed by atoms with Gasteiger partial charge in [-0.3, -0.25) is 9.59 Å². The molecule has 0 aliphatic carbocycles. The molecule has 2 heterocycles. The third-order valence-corrected chi connectivity index (χ3v) is 4.39. The van der Waals surface area contributed by atoms with Crippen molar-refractivity contribution in [1.82, 2.24) is 10.6 Å². The molecule has 0 fully saturated rings. The quantitative estimate of drug-likeness (QED) is 0.434. The van der Waals surface area contributed by atoms with Crippen molar-refractivity contribution in [2.75, 3.05) is 0 Å². The molecule has 0 saturated heterocycles. The van der Waals surface area contributed by atoms with E-state index in [1.54, 1.807) is 36.4 Å². The highest BCUT2D eigenvalue weighted by Gasteiger charge is 2.17. The molecule has 3 rings (SSSR count). The second kappa shape index (κ2) is 8.52. The van der Waals surface area contributed by atoms with Crippen LogP contribution in [-0.4, -0.2) is 11.8 Å². The average molecular weight is 462 g/mol. The SMILES string of the molecule is O=C(NCc1ccco1)/C(=C\c1ccco1)NC(=O)c1ccccc1I. The molecular weight excluding hydrogens is 447 g/mol. The number of furan rings is 2. The van der Waals surface area contributed by atoms with Gasteiger partial charge < -0.3 is 19.5 Å². The summed E-state index contributed by atoms with van der Waals surface area (Å²) in [5.41, 5.74) is 0.563. The van der Waals surface area contributed by atoms with Crippen LogP contribution >= 0.6 is 22.6 Å². The molecule has 3 aromatic rings. The Kier molecular flexibility index (Phi) is 5.90. The van der Waals surface area contributed by atoms with E-state index in [2.05, 4.69) is 33.2 Å². The van der Waals surface area contributed by atoms with E-state index >= 15 is 0 Å². The van der Waals surface area contributed by atoms with E-state index < -0.39 is 5.91 Å². The first-order chi connectivity index (χ1) is 12.6. The van der Waals surface area contributed by atoms with Gasteiger partial charge in [0, 0.05) is 9.65 Å². The number of nitrogens with one attached hydrogen (secondary N) is 2. The van der Waals surface area contributed by atoms with Crippen molar-refractivity contribution < 1.29 is 18.4 Å². The van der Waals surface area contributed by atoms with Crippen molar-refractivity contribution in [3.63, 3.8) is 0 Å². The van der Waals surface area contributed by atoms with Crippen LogP contribution in [0.1, 0.15) is 21.9 Å². The zero-order valence-electron chi connectivity index (χ0n) is 13.6. The van der Waals surface area contributed by atoms with Crippen LogP contribution < -0.4 is 10.6 Å². The van der Waals surface area contributed by atoms with E-state index in [0.717, 1.165) is 3.57 Å². The molecule has 0 atom stereocenters. The fourth-order valence-corrected chi connectivity index (χ4v) is 2.82. The molecule has 2 aromatic heterocycles. The van der Waals surface area contributed by atoms with Crippen LogP contribution in [0.2, 0.25) is 0 Å². The Bertz CT molecular complexity index is 915. The minimum Gasteiger partial charge on any atom is -0.467 e. The average Bonchev–Trinajstić information content (AvgIpc) is 3.33. The number of amides is 2. The zero-order chi connectivity index (χ0) is 18.4. The van der Waals surface area contributed by atoms with Gasteiger partial charge in [0.2, 0.25) is 0 Å². The summed E-state index contributed by atoms with van der Waals surface area (Å²) in [7, 11) is 0. The van der Waals surface area contributed by atoms with Crippen molar-refractivity contribution in [2.24, 2.45) is 0 Å². The van der Waals surface area contributed by atoms with Crippen LogP contribution in [0.3, 0.4) is 0 Å². The van der Waals surface area contributed by atoms with Crippen LogP contribution in [0.5, 0.6) is 0 Å². The van der Waals surface area contributed by atoms with Crippen LogP contribution in [0.25, 0.3) is 6.08 Å². The summed E-state index contributed by atoms with van der Waals surface area (Å²) in [4.78, 5) is 25.1. The maximum atomic E-state index is 12.6. The first kappa shape index (κ1) is 18.0. The Morgan fingerprint density at radius 1 is 1.00 bits per heavy atom. The predicted octanol–water partition coefficient (Wildman–Crippen LogP) is 3.56. The molecule has 0 aliphatic heterocycles.